The number of anilines is 1. The fraction of sp³-hybridized carbons (Fsp3) is 0.375. The lowest BCUT2D eigenvalue weighted by molar-refractivity contribution is -0.148. The molecule has 134 valence electrons. The standard InChI is InChI=1S/C16H19N3O5S/c1-11-2-4-12(5-3-11)18-13(20)9-25-10-15(22)24-8-14(21)19-7-6-17-16(19)23/h2-5H,6-10H2,1H3,(H,17,23)(H,18,20). The normalized spacial score (nSPS) is 13.3. The predicted molar refractivity (Wildman–Crippen MR) is 93.2 cm³/mol. The van der Waals surface area contributed by atoms with Crippen LogP contribution >= 0.6 is 11.8 Å². The number of hydrogen-bond acceptors (Lipinski definition) is 6. The van der Waals surface area contributed by atoms with Crippen molar-refractivity contribution >= 4 is 41.3 Å². The van der Waals surface area contributed by atoms with Gasteiger partial charge in [-0.3, -0.25) is 19.3 Å². The van der Waals surface area contributed by atoms with Crippen molar-refractivity contribution in [1.29, 1.82) is 0 Å². The summed E-state index contributed by atoms with van der Waals surface area (Å²) < 4.78 is 4.82. The number of nitrogens with zero attached hydrogens (tertiary/aromatic N) is 1. The van der Waals surface area contributed by atoms with Crippen LogP contribution in [-0.4, -0.2) is 59.9 Å². The molecule has 25 heavy (non-hydrogen) atoms. The van der Waals surface area contributed by atoms with Crippen molar-refractivity contribution in [3.63, 3.8) is 0 Å². The monoisotopic (exact) mass is 365 g/mol. The van der Waals surface area contributed by atoms with Gasteiger partial charge in [0.25, 0.3) is 5.91 Å². The molecular weight excluding hydrogens is 346 g/mol. The van der Waals surface area contributed by atoms with Gasteiger partial charge < -0.3 is 15.4 Å². The SMILES string of the molecule is Cc1ccc(NC(=O)CSCC(=O)OCC(=O)N2CCNC2=O)cc1. The number of aryl methyl sites for hydroxylation is 1. The summed E-state index contributed by atoms with van der Waals surface area (Å²) >= 11 is 1.09. The molecule has 0 aliphatic carbocycles. The summed E-state index contributed by atoms with van der Waals surface area (Å²) in [6, 6.07) is 6.89. The van der Waals surface area contributed by atoms with Gasteiger partial charge in [0.05, 0.1) is 11.5 Å². The number of esters is 1. The summed E-state index contributed by atoms with van der Waals surface area (Å²) in [6.45, 7) is 2.13. The minimum absolute atomic E-state index is 0.0548. The molecule has 0 unspecified atom stereocenters. The quantitative estimate of drug-likeness (QED) is 0.692. The third-order valence-electron chi connectivity index (χ3n) is 3.30. The minimum Gasteiger partial charge on any atom is -0.455 e. The second kappa shape index (κ2) is 9.07. The maximum Gasteiger partial charge on any atom is 0.324 e. The Morgan fingerprint density at radius 3 is 2.60 bits per heavy atom. The first-order valence-electron chi connectivity index (χ1n) is 7.64. The third-order valence-corrected chi connectivity index (χ3v) is 4.21. The van der Waals surface area contributed by atoms with Crippen LogP contribution < -0.4 is 10.6 Å². The number of carbonyl (C=O) groups excluding carboxylic acids is 4. The molecular formula is C16H19N3O5S. The van der Waals surface area contributed by atoms with Crippen molar-refractivity contribution in [1.82, 2.24) is 10.2 Å². The first-order chi connectivity index (χ1) is 12.0. The number of benzene rings is 1. The molecule has 1 heterocycles. The first kappa shape index (κ1) is 18.8. The van der Waals surface area contributed by atoms with Gasteiger partial charge in [0.2, 0.25) is 5.91 Å². The number of ether oxygens (including phenoxy) is 1. The van der Waals surface area contributed by atoms with Crippen LogP contribution in [0.25, 0.3) is 0 Å². The summed E-state index contributed by atoms with van der Waals surface area (Å²) in [5.41, 5.74) is 1.78. The number of carbonyl (C=O) groups is 4. The zero-order valence-electron chi connectivity index (χ0n) is 13.7. The van der Waals surface area contributed by atoms with Crippen molar-refractivity contribution in [2.24, 2.45) is 0 Å². The van der Waals surface area contributed by atoms with Gasteiger partial charge in [0.1, 0.15) is 0 Å². The van der Waals surface area contributed by atoms with Crippen LogP contribution in [0.1, 0.15) is 5.56 Å². The molecule has 1 aliphatic heterocycles. The summed E-state index contributed by atoms with van der Waals surface area (Å²) in [6.07, 6.45) is 0. The van der Waals surface area contributed by atoms with E-state index in [1.165, 1.54) is 0 Å². The first-order valence-corrected chi connectivity index (χ1v) is 8.79. The topological polar surface area (TPSA) is 105 Å². The number of nitrogens with one attached hydrogen (secondary N) is 2. The van der Waals surface area contributed by atoms with Crippen LogP contribution in [0.5, 0.6) is 0 Å². The zero-order chi connectivity index (χ0) is 18.2. The van der Waals surface area contributed by atoms with Crippen molar-refractivity contribution in [2.75, 3.05) is 36.5 Å². The van der Waals surface area contributed by atoms with Crippen LogP contribution in [0.3, 0.4) is 0 Å². The lowest BCUT2D eigenvalue weighted by atomic mass is 10.2. The van der Waals surface area contributed by atoms with Gasteiger partial charge in [0.15, 0.2) is 6.61 Å². The van der Waals surface area contributed by atoms with Gasteiger partial charge in [-0.2, -0.15) is 0 Å². The molecule has 0 bridgehead atoms. The predicted octanol–water partition coefficient (Wildman–Crippen LogP) is 0.762. The van der Waals surface area contributed by atoms with E-state index in [-0.39, 0.29) is 24.0 Å². The van der Waals surface area contributed by atoms with Crippen LogP contribution in [0.2, 0.25) is 0 Å². The van der Waals surface area contributed by atoms with Crippen molar-refractivity contribution < 1.29 is 23.9 Å². The zero-order valence-corrected chi connectivity index (χ0v) is 14.6. The fourth-order valence-electron chi connectivity index (χ4n) is 2.03. The molecule has 0 spiro atoms. The van der Waals surface area contributed by atoms with E-state index < -0.39 is 24.5 Å². The fourth-order valence-corrected chi connectivity index (χ4v) is 2.64. The molecule has 2 N–H and O–H groups in total. The average Bonchev–Trinajstić information content (AvgIpc) is 3.01. The minimum atomic E-state index is -0.610. The molecule has 1 fully saturated rings. The Morgan fingerprint density at radius 2 is 1.96 bits per heavy atom. The molecule has 0 atom stereocenters. The molecule has 0 aromatic heterocycles. The Kier molecular flexibility index (Phi) is 6.81. The number of urea groups is 1. The van der Waals surface area contributed by atoms with E-state index in [1.807, 2.05) is 19.1 Å². The van der Waals surface area contributed by atoms with E-state index in [0.717, 1.165) is 22.2 Å². The van der Waals surface area contributed by atoms with Crippen LogP contribution in [-0.2, 0) is 19.1 Å². The number of imide groups is 1. The molecule has 8 nitrogen and oxygen atoms in total. The third kappa shape index (κ3) is 6.11. The Balaban J connectivity index is 1.61. The van der Waals surface area contributed by atoms with E-state index in [0.29, 0.717) is 12.2 Å². The Labute approximate surface area is 149 Å². The molecule has 0 radical (unpaired) electrons. The van der Waals surface area contributed by atoms with E-state index in [1.54, 1.807) is 12.1 Å². The van der Waals surface area contributed by atoms with E-state index in [9.17, 15) is 19.2 Å². The number of thioether (sulfide) groups is 1. The highest BCUT2D eigenvalue weighted by Gasteiger charge is 2.26. The van der Waals surface area contributed by atoms with Gasteiger partial charge in [-0.05, 0) is 19.1 Å². The Morgan fingerprint density at radius 1 is 1.24 bits per heavy atom. The number of amides is 4. The Hall–Kier alpha value is -2.55. The summed E-state index contributed by atoms with van der Waals surface area (Å²) in [5, 5.41) is 5.20. The van der Waals surface area contributed by atoms with Gasteiger partial charge in [0, 0.05) is 18.8 Å². The van der Waals surface area contributed by atoms with Gasteiger partial charge >= 0.3 is 12.0 Å². The number of rotatable bonds is 7. The van der Waals surface area contributed by atoms with E-state index >= 15 is 0 Å². The number of hydrogen-bond donors (Lipinski definition) is 2. The molecule has 1 aliphatic rings. The summed E-state index contributed by atoms with van der Waals surface area (Å²) in [7, 11) is 0. The highest BCUT2D eigenvalue weighted by molar-refractivity contribution is 8.00. The second-order valence-electron chi connectivity index (χ2n) is 5.34. The lowest BCUT2D eigenvalue weighted by Gasteiger charge is -2.12. The molecule has 1 aromatic carbocycles. The molecule has 4 amide bonds. The molecule has 9 heteroatoms. The largest absolute Gasteiger partial charge is 0.455 e. The highest BCUT2D eigenvalue weighted by atomic mass is 32.2. The van der Waals surface area contributed by atoms with E-state index in [4.69, 9.17) is 4.74 Å². The van der Waals surface area contributed by atoms with E-state index in [2.05, 4.69) is 10.6 Å². The Bertz CT molecular complexity index is 662. The van der Waals surface area contributed by atoms with Crippen molar-refractivity contribution in [3.8, 4) is 0 Å². The summed E-state index contributed by atoms with van der Waals surface area (Å²) in [5.74, 6) is -1.37. The molecule has 0 saturated carbocycles. The smallest absolute Gasteiger partial charge is 0.324 e. The average molecular weight is 365 g/mol. The van der Waals surface area contributed by atoms with Crippen LogP contribution in [0.4, 0.5) is 10.5 Å². The van der Waals surface area contributed by atoms with Gasteiger partial charge in [-0.15, -0.1) is 11.8 Å². The van der Waals surface area contributed by atoms with Gasteiger partial charge in [-0.25, -0.2) is 4.79 Å². The lowest BCUT2D eigenvalue weighted by Crippen LogP contribution is -2.37. The highest BCUT2D eigenvalue weighted by Crippen LogP contribution is 2.10. The van der Waals surface area contributed by atoms with Crippen molar-refractivity contribution in [2.45, 2.75) is 6.92 Å². The molecule has 1 saturated heterocycles. The molecule has 2 rings (SSSR count). The maximum atomic E-state index is 11.8. The van der Waals surface area contributed by atoms with Gasteiger partial charge in [-0.1, -0.05) is 17.7 Å². The molecule has 1 aromatic rings. The van der Waals surface area contributed by atoms with Crippen LogP contribution in [0, 0.1) is 6.92 Å². The van der Waals surface area contributed by atoms with Crippen LogP contribution in [0.15, 0.2) is 24.3 Å². The maximum absolute atomic E-state index is 11.8. The second-order valence-corrected chi connectivity index (χ2v) is 6.33. The van der Waals surface area contributed by atoms with Crippen molar-refractivity contribution in [3.05, 3.63) is 29.8 Å². The summed E-state index contributed by atoms with van der Waals surface area (Å²) in [4.78, 5) is 47.3.